The van der Waals surface area contributed by atoms with Crippen LogP contribution in [0.4, 0.5) is 11.4 Å². The van der Waals surface area contributed by atoms with Gasteiger partial charge < -0.3 is 5.32 Å². The van der Waals surface area contributed by atoms with Crippen molar-refractivity contribution in [3.05, 3.63) is 53.3 Å². The lowest BCUT2D eigenvalue weighted by molar-refractivity contribution is 1.30. The molecule has 16 heavy (non-hydrogen) atoms. The number of nitrogens with one attached hydrogen (secondary N) is 1. The lowest BCUT2D eigenvalue weighted by Gasteiger charge is -2.07. The fourth-order valence-electron chi connectivity index (χ4n) is 1.31. The van der Waals surface area contributed by atoms with Crippen LogP contribution in [-0.2, 0) is 0 Å². The fourth-order valence-corrected chi connectivity index (χ4v) is 1.50. The lowest BCUT2D eigenvalue weighted by atomic mass is 10.2. The second-order valence-corrected chi connectivity index (χ2v) is 3.60. The molecule has 0 radical (unpaired) electrons. The molecule has 0 aliphatic rings. The standard InChI is InChI=1S/C12H8ClN3/c13-10-2-1-3-11(6-10)16-12-8-15-5-4-9(12)7-14/h1-6,8,16H. The summed E-state index contributed by atoms with van der Waals surface area (Å²) >= 11 is 5.86. The Balaban J connectivity index is 2.31. The summed E-state index contributed by atoms with van der Waals surface area (Å²) in [4.78, 5) is 3.97. The first-order valence-corrected chi connectivity index (χ1v) is 5.04. The zero-order chi connectivity index (χ0) is 11.4. The topological polar surface area (TPSA) is 48.7 Å². The highest BCUT2D eigenvalue weighted by Gasteiger charge is 2.01. The van der Waals surface area contributed by atoms with Crippen molar-refractivity contribution in [2.75, 3.05) is 5.32 Å². The van der Waals surface area contributed by atoms with E-state index >= 15 is 0 Å². The number of anilines is 2. The molecule has 1 N–H and O–H groups in total. The molecule has 0 saturated carbocycles. The van der Waals surface area contributed by atoms with Crippen molar-refractivity contribution in [3.63, 3.8) is 0 Å². The van der Waals surface area contributed by atoms with Gasteiger partial charge in [0.05, 0.1) is 17.4 Å². The summed E-state index contributed by atoms with van der Waals surface area (Å²) in [5.41, 5.74) is 2.05. The van der Waals surface area contributed by atoms with E-state index in [1.165, 1.54) is 0 Å². The smallest absolute Gasteiger partial charge is 0.101 e. The second-order valence-electron chi connectivity index (χ2n) is 3.17. The van der Waals surface area contributed by atoms with Crippen LogP contribution in [0.2, 0.25) is 5.02 Å². The van der Waals surface area contributed by atoms with Crippen LogP contribution in [0.25, 0.3) is 0 Å². The van der Waals surface area contributed by atoms with E-state index < -0.39 is 0 Å². The monoisotopic (exact) mass is 229 g/mol. The molecule has 2 aromatic rings. The summed E-state index contributed by atoms with van der Waals surface area (Å²) in [6.07, 6.45) is 3.20. The summed E-state index contributed by atoms with van der Waals surface area (Å²) in [5, 5.41) is 12.6. The molecule has 0 aliphatic heterocycles. The minimum atomic E-state index is 0.551. The molecule has 4 heteroatoms. The Morgan fingerprint density at radius 3 is 2.94 bits per heavy atom. The molecule has 0 bridgehead atoms. The molecule has 3 nitrogen and oxygen atoms in total. The highest BCUT2D eigenvalue weighted by Crippen LogP contribution is 2.21. The van der Waals surface area contributed by atoms with Gasteiger partial charge >= 0.3 is 0 Å². The van der Waals surface area contributed by atoms with Gasteiger partial charge in [-0.1, -0.05) is 17.7 Å². The highest BCUT2D eigenvalue weighted by molar-refractivity contribution is 6.30. The van der Waals surface area contributed by atoms with Crippen molar-refractivity contribution in [2.24, 2.45) is 0 Å². The van der Waals surface area contributed by atoms with E-state index in [2.05, 4.69) is 16.4 Å². The van der Waals surface area contributed by atoms with Crippen LogP contribution in [0.5, 0.6) is 0 Å². The summed E-state index contributed by atoms with van der Waals surface area (Å²) < 4.78 is 0. The van der Waals surface area contributed by atoms with Crippen molar-refractivity contribution in [1.29, 1.82) is 5.26 Å². The predicted octanol–water partition coefficient (Wildman–Crippen LogP) is 3.35. The number of halogens is 1. The van der Waals surface area contributed by atoms with Gasteiger partial charge in [-0.3, -0.25) is 4.98 Å². The van der Waals surface area contributed by atoms with Crippen molar-refractivity contribution in [1.82, 2.24) is 4.98 Å². The van der Waals surface area contributed by atoms with E-state index in [4.69, 9.17) is 16.9 Å². The van der Waals surface area contributed by atoms with Crippen LogP contribution in [-0.4, -0.2) is 4.98 Å². The maximum Gasteiger partial charge on any atom is 0.101 e. The Morgan fingerprint density at radius 2 is 2.19 bits per heavy atom. The van der Waals surface area contributed by atoms with Gasteiger partial charge in [0.25, 0.3) is 0 Å². The summed E-state index contributed by atoms with van der Waals surface area (Å²) in [6.45, 7) is 0. The molecule has 0 fully saturated rings. The zero-order valence-corrected chi connectivity index (χ0v) is 9.07. The van der Waals surface area contributed by atoms with E-state index in [0.717, 1.165) is 5.69 Å². The fraction of sp³-hybridized carbons (Fsp3) is 0. The number of nitrogens with zero attached hydrogens (tertiary/aromatic N) is 2. The van der Waals surface area contributed by atoms with E-state index in [-0.39, 0.29) is 0 Å². The number of benzene rings is 1. The van der Waals surface area contributed by atoms with Crippen molar-refractivity contribution < 1.29 is 0 Å². The number of hydrogen-bond acceptors (Lipinski definition) is 3. The number of pyridine rings is 1. The first-order valence-electron chi connectivity index (χ1n) is 4.66. The minimum Gasteiger partial charge on any atom is -0.353 e. The van der Waals surface area contributed by atoms with E-state index in [0.29, 0.717) is 16.3 Å². The third-order valence-corrected chi connectivity index (χ3v) is 2.28. The van der Waals surface area contributed by atoms with Crippen LogP contribution >= 0.6 is 11.6 Å². The molecule has 2 rings (SSSR count). The maximum absolute atomic E-state index is 8.91. The van der Waals surface area contributed by atoms with Crippen LogP contribution < -0.4 is 5.32 Å². The van der Waals surface area contributed by atoms with Crippen molar-refractivity contribution in [2.45, 2.75) is 0 Å². The SMILES string of the molecule is N#Cc1ccncc1Nc1cccc(Cl)c1. The first-order chi connectivity index (χ1) is 7.79. The van der Waals surface area contributed by atoms with Gasteiger partial charge in [-0.2, -0.15) is 5.26 Å². The number of hydrogen-bond donors (Lipinski definition) is 1. The Bertz CT molecular complexity index is 546. The van der Waals surface area contributed by atoms with Crippen molar-refractivity contribution in [3.8, 4) is 6.07 Å². The number of aromatic nitrogens is 1. The van der Waals surface area contributed by atoms with Gasteiger partial charge in [0, 0.05) is 16.9 Å². The Hall–Kier alpha value is -2.05. The molecular formula is C12H8ClN3. The average molecular weight is 230 g/mol. The van der Waals surface area contributed by atoms with Crippen LogP contribution in [0.3, 0.4) is 0 Å². The molecule has 0 saturated heterocycles. The average Bonchev–Trinajstić information content (AvgIpc) is 2.30. The molecule has 1 aromatic heterocycles. The maximum atomic E-state index is 8.91. The number of nitriles is 1. The molecule has 0 unspecified atom stereocenters. The summed E-state index contributed by atoms with van der Waals surface area (Å²) in [5.74, 6) is 0. The highest BCUT2D eigenvalue weighted by atomic mass is 35.5. The second kappa shape index (κ2) is 4.65. The van der Waals surface area contributed by atoms with Crippen molar-refractivity contribution >= 4 is 23.0 Å². The van der Waals surface area contributed by atoms with E-state index in [1.807, 2.05) is 12.1 Å². The molecular weight excluding hydrogens is 222 g/mol. The van der Waals surface area contributed by atoms with Gasteiger partial charge in [0.2, 0.25) is 0 Å². The first kappa shape index (κ1) is 10.5. The Morgan fingerprint density at radius 1 is 1.31 bits per heavy atom. The van der Waals surface area contributed by atoms with Gasteiger partial charge in [0.15, 0.2) is 0 Å². The van der Waals surface area contributed by atoms with Crippen LogP contribution in [0, 0.1) is 11.3 Å². The van der Waals surface area contributed by atoms with Gasteiger partial charge in [0.1, 0.15) is 6.07 Å². The normalized spacial score (nSPS) is 9.50. The quantitative estimate of drug-likeness (QED) is 0.859. The summed E-state index contributed by atoms with van der Waals surface area (Å²) in [7, 11) is 0. The van der Waals surface area contributed by atoms with E-state index in [1.54, 1.807) is 30.6 Å². The third-order valence-electron chi connectivity index (χ3n) is 2.05. The Kier molecular flexibility index (Phi) is 3.04. The largest absolute Gasteiger partial charge is 0.353 e. The zero-order valence-electron chi connectivity index (χ0n) is 8.31. The number of rotatable bonds is 2. The van der Waals surface area contributed by atoms with Crippen LogP contribution in [0.1, 0.15) is 5.56 Å². The van der Waals surface area contributed by atoms with Gasteiger partial charge in [-0.05, 0) is 24.3 Å². The van der Waals surface area contributed by atoms with Crippen LogP contribution in [0.15, 0.2) is 42.7 Å². The Labute approximate surface area is 98.3 Å². The molecule has 0 amide bonds. The molecule has 78 valence electrons. The lowest BCUT2D eigenvalue weighted by Crippen LogP contribution is -1.94. The third kappa shape index (κ3) is 2.30. The minimum absolute atomic E-state index is 0.551. The molecule has 0 spiro atoms. The molecule has 0 atom stereocenters. The summed E-state index contributed by atoms with van der Waals surface area (Å²) in [6, 6.07) is 11.1. The van der Waals surface area contributed by atoms with Gasteiger partial charge in [-0.15, -0.1) is 0 Å². The van der Waals surface area contributed by atoms with E-state index in [9.17, 15) is 0 Å². The predicted molar refractivity (Wildman–Crippen MR) is 63.7 cm³/mol. The molecule has 1 aromatic carbocycles. The van der Waals surface area contributed by atoms with Gasteiger partial charge in [-0.25, -0.2) is 0 Å². The molecule has 0 aliphatic carbocycles. The molecule has 1 heterocycles.